The fourth-order valence-electron chi connectivity index (χ4n) is 3.19. The number of ketones is 1. The van der Waals surface area contributed by atoms with Gasteiger partial charge >= 0.3 is 0 Å². The Kier molecular flexibility index (Phi) is 5.55. The molecule has 28 heavy (non-hydrogen) atoms. The van der Waals surface area contributed by atoms with Crippen LogP contribution in [0.15, 0.2) is 12.1 Å². The van der Waals surface area contributed by atoms with Crippen molar-refractivity contribution in [2.45, 2.75) is 19.3 Å². The molecule has 8 nitrogen and oxygen atoms in total. The van der Waals surface area contributed by atoms with Crippen LogP contribution >= 0.6 is 11.3 Å². The maximum Gasteiger partial charge on any atom is 0.256 e. The zero-order valence-corrected chi connectivity index (χ0v) is 16.5. The third-order valence-electron chi connectivity index (χ3n) is 4.50. The Bertz CT molecular complexity index is 941. The number of rotatable bonds is 6. The predicted molar refractivity (Wildman–Crippen MR) is 104 cm³/mol. The molecular formula is C19H20N2O6S. The molecule has 0 fully saturated rings. The van der Waals surface area contributed by atoms with Crippen LogP contribution in [0.5, 0.6) is 17.2 Å². The van der Waals surface area contributed by atoms with Gasteiger partial charge in [-0.2, -0.15) is 0 Å². The summed E-state index contributed by atoms with van der Waals surface area (Å²) in [4.78, 5) is 37.3. The van der Waals surface area contributed by atoms with Crippen LogP contribution < -0.4 is 25.3 Å². The highest BCUT2D eigenvalue weighted by molar-refractivity contribution is 7.17. The van der Waals surface area contributed by atoms with E-state index in [0.29, 0.717) is 35.1 Å². The molecule has 2 aromatic rings. The topological polar surface area (TPSA) is 117 Å². The first kappa shape index (κ1) is 19.7. The molecule has 0 radical (unpaired) electrons. The Morgan fingerprint density at radius 1 is 1.07 bits per heavy atom. The standard InChI is InChI=1S/C19H20N2O6S/c1-25-12-6-9(7-13(26-2)16(12)27-3)18(24)21-19-15(17(20)23)11-5-4-10(22)8-14(11)28-19/h6-7H,4-5,8H2,1-3H3,(H2,20,23)(H,21,24). The molecule has 1 aliphatic carbocycles. The predicted octanol–water partition coefficient (Wildman–Crippen LogP) is 2.18. The second-order valence-electron chi connectivity index (χ2n) is 6.16. The van der Waals surface area contributed by atoms with E-state index in [1.165, 1.54) is 44.8 Å². The number of hydrogen-bond donors (Lipinski definition) is 2. The third-order valence-corrected chi connectivity index (χ3v) is 5.65. The first-order valence-corrected chi connectivity index (χ1v) is 9.28. The van der Waals surface area contributed by atoms with Crippen molar-refractivity contribution in [3.05, 3.63) is 33.7 Å². The van der Waals surface area contributed by atoms with Crippen LogP contribution in [0.2, 0.25) is 0 Å². The lowest BCUT2D eigenvalue weighted by molar-refractivity contribution is -0.118. The molecule has 148 valence electrons. The average Bonchev–Trinajstić information content (AvgIpc) is 3.03. The normalized spacial score (nSPS) is 12.9. The summed E-state index contributed by atoms with van der Waals surface area (Å²) in [7, 11) is 4.37. The number of ether oxygens (including phenoxy) is 3. The van der Waals surface area contributed by atoms with Crippen molar-refractivity contribution in [1.82, 2.24) is 0 Å². The van der Waals surface area contributed by atoms with Crippen LogP contribution in [0.3, 0.4) is 0 Å². The van der Waals surface area contributed by atoms with Gasteiger partial charge < -0.3 is 25.3 Å². The molecule has 3 rings (SSSR count). The molecule has 0 aliphatic heterocycles. The quantitative estimate of drug-likeness (QED) is 0.762. The molecule has 1 aromatic heterocycles. The van der Waals surface area contributed by atoms with Crippen molar-refractivity contribution < 1.29 is 28.6 Å². The molecule has 1 aliphatic rings. The molecule has 2 amide bonds. The van der Waals surface area contributed by atoms with Crippen molar-refractivity contribution >= 4 is 33.9 Å². The number of nitrogens with two attached hydrogens (primary N) is 1. The lowest BCUT2D eigenvalue weighted by Crippen LogP contribution is -2.20. The number of methoxy groups -OCH3 is 3. The first-order chi connectivity index (χ1) is 13.4. The minimum atomic E-state index is -0.632. The molecule has 1 heterocycles. The van der Waals surface area contributed by atoms with Crippen LogP contribution in [-0.2, 0) is 17.6 Å². The minimum Gasteiger partial charge on any atom is -0.493 e. The van der Waals surface area contributed by atoms with E-state index in [1.807, 2.05) is 0 Å². The maximum atomic E-state index is 12.8. The number of Topliss-reactive ketones (excluding diaryl/α,β-unsaturated/α-hetero) is 1. The number of nitrogens with one attached hydrogen (secondary N) is 1. The van der Waals surface area contributed by atoms with Crippen LogP contribution in [0.25, 0.3) is 0 Å². The van der Waals surface area contributed by atoms with E-state index in [-0.39, 0.29) is 23.3 Å². The summed E-state index contributed by atoms with van der Waals surface area (Å²) in [5.74, 6) is 0.0341. The van der Waals surface area contributed by atoms with E-state index in [9.17, 15) is 14.4 Å². The monoisotopic (exact) mass is 404 g/mol. The molecule has 0 unspecified atom stereocenters. The van der Waals surface area contributed by atoms with Gasteiger partial charge in [0, 0.05) is 23.3 Å². The number of hydrogen-bond acceptors (Lipinski definition) is 7. The Balaban J connectivity index is 1.98. The maximum absolute atomic E-state index is 12.8. The Morgan fingerprint density at radius 2 is 1.71 bits per heavy atom. The Morgan fingerprint density at radius 3 is 2.25 bits per heavy atom. The second-order valence-corrected chi connectivity index (χ2v) is 7.26. The summed E-state index contributed by atoms with van der Waals surface area (Å²) in [6, 6.07) is 3.02. The third kappa shape index (κ3) is 3.53. The zero-order valence-electron chi connectivity index (χ0n) is 15.7. The Hall–Kier alpha value is -3.07. The van der Waals surface area contributed by atoms with E-state index in [0.717, 1.165) is 10.4 Å². The van der Waals surface area contributed by atoms with Gasteiger partial charge in [-0.05, 0) is 24.1 Å². The highest BCUT2D eigenvalue weighted by atomic mass is 32.1. The molecule has 0 atom stereocenters. The zero-order chi connectivity index (χ0) is 20.4. The number of amides is 2. The Labute approximate surface area is 165 Å². The smallest absolute Gasteiger partial charge is 0.256 e. The van der Waals surface area contributed by atoms with Crippen LogP contribution in [0.1, 0.15) is 37.6 Å². The number of thiophene rings is 1. The molecule has 3 N–H and O–H groups in total. The molecule has 1 aromatic carbocycles. The summed E-state index contributed by atoms with van der Waals surface area (Å²) in [6.45, 7) is 0. The molecule has 9 heteroatoms. The van der Waals surface area contributed by atoms with Crippen LogP contribution in [0.4, 0.5) is 5.00 Å². The van der Waals surface area contributed by atoms with Gasteiger partial charge in [0.1, 0.15) is 10.8 Å². The van der Waals surface area contributed by atoms with Crippen molar-refractivity contribution in [2.24, 2.45) is 5.73 Å². The number of benzene rings is 1. The van der Waals surface area contributed by atoms with Crippen molar-refractivity contribution in [1.29, 1.82) is 0 Å². The van der Waals surface area contributed by atoms with E-state index in [2.05, 4.69) is 5.32 Å². The fraction of sp³-hybridized carbons (Fsp3) is 0.316. The van der Waals surface area contributed by atoms with Crippen molar-refractivity contribution in [3.63, 3.8) is 0 Å². The molecular weight excluding hydrogens is 384 g/mol. The van der Waals surface area contributed by atoms with Crippen LogP contribution in [0, 0.1) is 0 Å². The summed E-state index contributed by atoms with van der Waals surface area (Å²) in [5.41, 5.74) is 6.81. The van der Waals surface area contributed by atoms with Gasteiger partial charge in [0.05, 0.1) is 26.9 Å². The lowest BCUT2D eigenvalue weighted by Gasteiger charge is -2.14. The van der Waals surface area contributed by atoms with E-state index in [1.54, 1.807) is 0 Å². The molecule has 0 spiro atoms. The summed E-state index contributed by atoms with van der Waals surface area (Å²) < 4.78 is 15.8. The molecule has 0 saturated heterocycles. The highest BCUT2D eigenvalue weighted by Crippen LogP contribution is 2.40. The summed E-state index contributed by atoms with van der Waals surface area (Å²) in [5, 5.41) is 3.07. The van der Waals surface area contributed by atoms with Gasteiger partial charge in [0.25, 0.3) is 11.8 Å². The first-order valence-electron chi connectivity index (χ1n) is 8.47. The van der Waals surface area contributed by atoms with E-state index in [4.69, 9.17) is 19.9 Å². The molecule has 0 bridgehead atoms. The lowest BCUT2D eigenvalue weighted by atomic mass is 9.94. The fourth-order valence-corrected chi connectivity index (χ4v) is 4.46. The highest BCUT2D eigenvalue weighted by Gasteiger charge is 2.28. The van der Waals surface area contributed by atoms with E-state index < -0.39 is 11.8 Å². The molecule has 0 saturated carbocycles. The number of carbonyl (C=O) groups excluding carboxylic acids is 3. The largest absolute Gasteiger partial charge is 0.493 e. The van der Waals surface area contributed by atoms with Gasteiger partial charge in [-0.15, -0.1) is 11.3 Å². The van der Waals surface area contributed by atoms with Gasteiger partial charge in [-0.3, -0.25) is 14.4 Å². The summed E-state index contributed by atoms with van der Waals surface area (Å²) in [6.07, 6.45) is 1.06. The van der Waals surface area contributed by atoms with Crippen molar-refractivity contribution in [2.75, 3.05) is 26.6 Å². The van der Waals surface area contributed by atoms with E-state index >= 15 is 0 Å². The average molecular weight is 404 g/mol. The van der Waals surface area contributed by atoms with Gasteiger partial charge in [-0.25, -0.2) is 0 Å². The number of anilines is 1. The van der Waals surface area contributed by atoms with Gasteiger partial charge in [0.15, 0.2) is 11.5 Å². The minimum absolute atomic E-state index is 0.104. The number of fused-ring (bicyclic) bond motifs is 1. The number of primary amides is 1. The number of carbonyl (C=O) groups is 3. The van der Waals surface area contributed by atoms with Crippen molar-refractivity contribution in [3.8, 4) is 17.2 Å². The SMILES string of the molecule is COc1cc(C(=O)Nc2sc3c(c2C(N)=O)CCC(=O)C3)cc(OC)c1OC. The summed E-state index contributed by atoms with van der Waals surface area (Å²) >= 11 is 1.20. The van der Waals surface area contributed by atoms with Gasteiger partial charge in [0.2, 0.25) is 5.75 Å². The van der Waals surface area contributed by atoms with Gasteiger partial charge in [-0.1, -0.05) is 0 Å². The second kappa shape index (κ2) is 7.89. The van der Waals surface area contributed by atoms with Crippen LogP contribution in [-0.4, -0.2) is 38.9 Å².